The Hall–Kier alpha value is -2.89. The van der Waals surface area contributed by atoms with E-state index in [4.69, 9.17) is 4.74 Å². The predicted molar refractivity (Wildman–Crippen MR) is 83.2 cm³/mol. The molecule has 0 aliphatic carbocycles. The number of carbonyl (C=O) groups excluding carboxylic acids is 1. The molecule has 0 saturated heterocycles. The molecule has 24 heavy (non-hydrogen) atoms. The summed E-state index contributed by atoms with van der Waals surface area (Å²) in [6, 6.07) is 12.1. The first-order valence-corrected chi connectivity index (χ1v) is 7.11. The number of benzene rings is 2. The van der Waals surface area contributed by atoms with Gasteiger partial charge in [0.05, 0.1) is 5.56 Å². The number of halogens is 3. The fourth-order valence-electron chi connectivity index (χ4n) is 2.37. The molecule has 2 aromatic carbocycles. The first-order valence-electron chi connectivity index (χ1n) is 7.11. The van der Waals surface area contributed by atoms with Crippen molar-refractivity contribution in [2.24, 2.45) is 4.99 Å². The van der Waals surface area contributed by atoms with E-state index in [2.05, 4.69) is 4.99 Å². The normalized spacial score (nSPS) is 16.2. The number of aliphatic imine (C=N–C) groups is 1. The van der Waals surface area contributed by atoms with Gasteiger partial charge in [-0.05, 0) is 36.3 Å². The zero-order chi connectivity index (χ0) is 17.3. The maximum absolute atomic E-state index is 13.0. The van der Waals surface area contributed by atoms with Crippen LogP contribution in [0.5, 0.6) is 0 Å². The van der Waals surface area contributed by atoms with Gasteiger partial charge in [-0.3, -0.25) is 0 Å². The van der Waals surface area contributed by atoms with Crippen molar-refractivity contribution in [3.8, 4) is 0 Å². The van der Waals surface area contributed by atoms with Gasteiger partial charge in [-0.15, -0.1) is 0 Å². The van der Waals surface area contributed by atoms with Crippen molar-refractivity contribution in [3.05, 3.63) is 76.5 Å². The maximum Gasteiger partial charge on any atom is 0.416 e. The smallest absolute Gasteiger partial charge is 0.402 e. The Kier molecular flexibility index (Phi) is 3.97. The van der Waals surface area contributed by atoms with Crippen LogP contribution in [0.3, 0.4) is 0 Å². The van der Waals surface area contributed by atoms with E-state index in [-0.39, 0.29) is 17.2 Å². The van der Waals surface area contributed by atoms with Gasteiger partial charge in [0.1, 0.15) is 0 Å². The van der Waals surface area contributed by atoms with Gasteiger partial charge in [0.25, 0.3) is 0 Å². The van der Waals surface area contributed by atoms with Crippen molar-refractivity contribution >= 4 is 17.9 Å². The second kappa shape index (κ2) is 5.96. The van der Waals surface area contributed by atoms with Crippen LogP contribution in [-0.4, -0.2) is 11.9 Å². The summed E-state index contributed by atoms with van der Waals surface area (Å²) >= 11 is 0. The molecule has 1 aliphatic rings. The lowest BCUT2D eigenvalue weighted by Gasteiger charge is -2.09. The minimum Gasteiger partial charge on any atom is -0.402 e. The molecular formula is C18H12F3NO2. The van der Waals surface area contributed by atoms with Crippen molar-refractivity contribution in [1.82, 2.24) is 0 Å². The lowest BCUT2D eigenvalue weighted by atomic mass is 10.1. The van der Waals surface area contributed by atoms with Crippen molar-refractivity contribution in [2.75, 3.05) is 0 Å². The minimum absolute atomic E-state index is 0.0915. The summed E-state index contributed by atoms with van der Waals surface area (Å²) in [6.45, 7) is 1.83. The van der Waals surface area contributed by atoms with Gasteiger partial charge in [0.2, 0.25) is 5.90 Å². The number of carbonyl (C=O) groups is 1. The summed E-state index contributed by atoms with van der Waals surface area (Å²) < 4.78 is 44.2. The number of esters is 1. The van der Waals surface area contributed by atoms with Gasteiger partial charge in [0, 0.05) is 5.56 Å². The van der Waals surface area contributed by atoms with E-state index in [0.717, 1.165) is 17.7 Å². The highest BCUT2D eigenvalue weighted by molar-refractivity contribution is 6.13. The number of hydrogen-bond acceptors (Lipinski definition) is 3. The molecule has 1 aliphatic heterocycles. The second-order valence-corrected chi connectivity index (χ2v) is 5.24. The summed E-state index contributed by atoms with van der Waals surface area (Å²) in [5.74, 6) is -0.681. The minimum atomic E-state index is -4.52. The highest BCUT2D eigenvalue weighted by Crippen LogP contribution is 2.33. The van der Waals surface area contributed by atoms with Gasteiger partial charge in [-0.2, -0.15) is 13.2 Å². The molecule has 0 bridgehead atoms. The standard InChI is InChI=1S/C18H12F3NO2/c1-11-6-2-4-8-13(11)16-22-15(17(23)24-16)10-12-7-3-5-9-14(12)18(19,20)21/h2-10H,1H3/b15-10-. The van der Waals surface area contributed by atoms with Crippen LogP contribution in [0.2, 0.25) is 0 Å². The molecule has 0 spiro atoms. The second-order valence-electron chi connectivity index (χ2n) is 5.24. The molecule has 1 heterocycles. The van der Waals surface area contributed by atoms with E-state index in [0.29, 0.717) is 5.56 Å². The molecule has 3 rings (SSSR count). The van der Waals surface area contributed by atoms with Crippen molar-refractivity contribution in [2.45, 2.75) is 13.1 Å². The monoisotopic (exact) mass is 331 g/mol. The zero-order valence-electron chi connectivity index (χ0n) is 12.6. The lowest BCUT2D eigenvalue weighted by molar-refractivity contribution is -0.137. The number of nitrogens with zero attached hydrogens (tertiary/aromatic N) is 1. The molecule has 122 valence electrons. The fourth-order valence-corrected chi connectivity index (χ4v) is 2.37. The number of cyclic esters (lactones) is 1. The first-order chi connectivity index (χ1) is 11.4. The van der Waals surface area contributed by atoms with E-state index in [1.54, 1.807) is 12.1 Å². The van der Waals surface area contributed by atoms with Crippen LogP contribution in [-0.2, 0) is 15.7 Å². The highest BCUT2D eigenvalue weighted by atomic mass is 19.4. The van der Waals surface area contributed by atoms with Crippen LogP contribution in [0.25, 0.3) is 6.08 Å². The van der Waals surface area contributed by atoms with E-state index in [9.17, 15) is 18.0 Å². The summed E-state index contributed by atoms with van der Waals surface area (Å²) in [6.07, 6.45) is -3.42. The van der Waals surface area contributed by atoms with E-state index < -0.39 is 17.7 Å². The van der Waals surface area contributed by atoms with Crippen LogP contribution in [0.1, 0.15) is 22.3 Å². The van der Waals surface area contributed by atoms with E-state index >= 15 is 0 Å². The van der Waals surface area contributed by atoms with Crippen LogP contribution in [0.15, 0.2) is 59.2 Å². The third kappa shape index (κ3) is 3.08. The first kappa shape index (κ1) is 16.0. The Labute approximate surface area is 136 Å². The number of hydrogen-bond donors (Lipinski definition) is 0. The van der Waals surface area contributed by atoms with Gasteiger partial charge in [0.15, 0.2) is 5.70 Å². The highest BCUT2D eigenvalue weighted by Gasteiger charge is 2.33. The summed E-state index contributed by atoms with van der Waals surface area (Å²) in [5, 5.41) is 0. The van der Waals surface area contributed by atoms with E-state index in [1.807, 2.05) is 19.1 Å². The average Bonchev–Trinajstić information content (AvgIpc) is 2.88. The van der Waals surface area contributed by atoms with E-state index in [1.165, 1.54) is 18.2 Å². The maximum atomic E-state index is 13.0. The van der Waals surface area contributed by atoms with Crippen LogP contribution in [0.4, 0.5) is 13.2 Å². The van der Waals surface area contributed by atoms with Crippen LogP contribution in [0, 0.1) is 6.92 Å². The number of aryl methyl sites for hydroxylation is 1. The average molecular weight is 331 g/mol. The molecule has 0 amide bonds. The topological polar surface area (TPSA) is 38.7 Å². The Morgan fingerprint density at radius 1 is 1.04 bits per heavy atom. The lowest BCUT2D eigenvalue weighted by Crippen LogP contribution is -2.08. The van der Waals surface area contributed by atoms with Crippen molar-refractivity contribution < 1.29 is 22.7 Å². The van der Waals surface area contributed by atoms with Crippen LogP contribution < -0.4 is 0 Å². The summed E-state index contributed by atoms with van der Waals surface area (Å²) in [7, 11) is 0. The zero-order valence-corrected chi connectivity index (χ0v) is 12.6. The Morgan fingerprint density at radius 2 is 1.71 bits per heavy atom. The third-order valence-electron chi connectivity index (χ3n) is 3.55. The molecule has 6 heteroatoms. The Bertz CT molecular complexity index is 867. The molecule has 0 aromatic heterocycles. The number of ether oxygens (including phenoxy) is 1. The Balaban J connectivity index is 2.03. The third-order valence-corrected chi connectivity index (χ3v) is 3.55. The molecule has 3 nitrogen and oxygen atoms in total. The quantitative estimate of drug-likeness (QED) is 0.606. The molecule has 0 radical (unpaired) electrons. The van der Waals surface area contributed by atoms with Gasteiger partial charge in [-0.25, -0.2) is 9.79 Å². The van der Waals surface area contributed by atoms with Crippen LogP contribution >= 0.6 is 0 Å². The van der Waals surface area contributed by atoms with Crippen molar-refractivity contribution in [1.29, 1.82) is 0 Å². The molecule has 0 N–H and O–H groups in total. The van der Waals surface area contributed by atoms with Crippen molar-refractivity contribution in [3.63, 3.8) is 0 Å². The largest absolute Gasteiger partial charge is 0.416 e. The number of rotatable bonds is 2. The van der Waals surface area contributed by atoms with Gasteiger partial charge < -0.3 is 4.74 Å². The molecule has 2 aromatic rings. The predicted octanol–water partition coefficient (Wildman–Crippen LogP) is 4.36. The van der Waals surface area contributed by atoms with Gasteiger partial charge in [-0.1, -0.05) is 36.4 Å². The number of alkyl halides is 3. The molecule has 0 fully saturated rings. The fraction of sp³-hybridized carbons (Fsp3) is 0.111. The molecular weight excluding hydrogens is 319 g/mol. The molecule has 0 atom stereocenters. The molecule has 0 unspecified atom stereocenters. The molecule has 0 saturated carbocycles. The summed E-state index contributed by atoms with van der Waals surface area (Å²) in [4.78, 5) is 16.0. The SMILES string of the molecule is Cc1ccccc1C1=N/C(=C\c2ccccc2C(F)(F)F)C(=O)O1. The van der Waals surface area contributed by atoms with Gasteiger partial charge >= 0.3 is 12.1 Å². The Morgan fingerprint density at radius 3 is 2.42 bits per heavy atom. The summed E-state index contributed by atoms with van der Waals surface area (Å²) in [5.41, 5.74) is 0.348.